The first kappa shape index (κ1) is 20.9. The van der Waals surface area contributed by atoms with Crippen LogP contribution in [0.5, 0.6) is 5.75 Å². The largest absolute Gasteiger partial charge is 0.489 e. The minimum Gasteiger partial charge on any atom is -0.489 e. The van der Waals surface area contributed by atoms with Gasteiger partial charge in [-0.25, -0.2) is 0 Å². The lowest BCUT2D eigenvalue weighted by Crippen LogP contribution is -2.43. The fourth-order valence-electron chi connectivity index (χ4n) is 4.55. The third kappa shape index (κ3) is 5.63. The molecule has 1 amide bonds. The summed E-state index contributed by atoms with van der Waals surface area (Å²) >= 11 is 6.16. The van der Waals surface area contributed by atoms with Gasteiger partial charge < -0.3 is 24.4 Å². The molecule has 0 bridgehead atoms. The Morgan fingerprint density at radius 1 is 1.17 bits per heavy atom. The van der Waals surface area contributed by atoms with E-state index in [1.807, 2.05) is 0 Å². The van der Waals surface area contributed by atoms with Gasteiger partial charge in [-0.05, 0) is 43.9 Å². The third-order valence-corrected chi connectivity index (χ3v) is 6.41. The molecule has 0 spiro atoms. The molecule has 3 fully saturated rings. The van der Waals surface area contributed by atoms with E-state index in [1.54, 1.807) is 18.2 Å². The number of ether oxygens (including phenoxy) is 3. The summed E-state index contributed by atoms with van der Waals surface area (Å²) in [5.41, 5.74) is 0.479. The van der Waals surface area contributed by atoms with Gasteiger partial charge in [-0.2, -0.15) is 0 Å². The van der Waals surface area contributed by atoms with Crippen molar-refractivity contribution in [2.45, 2.75) is 56.8 Å². The zero-order valence-electron chi connectivity index (χ0n) is 16.9. The number of likely N-dealkylation sites (tertiary alicyclic amines) is 1. The van der Waals surface area contributed by atoms with Crippen LogP contribution in [-0.2, 0) is 9.47 Å². The fourth-order valence-corrected chi connectivity index (χ4v) is 4.72. The van der Waals surface area contributed by atoms with Gasteiger partial charge in [0, 0.05) is 30.7 Å². The number of halogens is 1. The number of carbonyl (C=O) groups excluding carboxylic acids is 1. The van der Waals surface area contributed by atoms with E-state index in [9.17, 15) is 4.79 Å². The summed E-state index contributed by atoms with van der Waals surface area (Å²) < 4.78 is 17.2. The molecule has 4 rings (SSSR count). The highest BCUT2D eigenvalue weighted by atomic mass is 35.5. The van der Waals surface area contributed by atoms with Gasteiger partial charge in [0.05, 0.1) is 31.5 Å². The second-order valence-electron chi connectivity index (χ2n) is 8.21. The van der Waals surface area contributed by atoms with Gasteiger partial charge in [-0.15, -0.1) is 0 Å². The van der Waals surface area contributed by atoms with Crippen LogP contribution in [0.1, 0.15) is 48.9 Å². The summed E-state index contributed by atoms with van der Waals surface area (Å²) in [6, 6.07) is 6.03. The number of hydrogen-bond acceptors (Lipinski definition) is 5. The van der Waals surface area contributed by atoms with E-state index < -0.39 is 0 Å². The van der Waals surface area contributed by atoms with E-state index in [2.05, 4.69) is 10.2 Å². The van der Waals surface area contributed by atoms with E-state index >= 15 is 0 Å². The first-order valence-corrected chi connectivity index (χ1v) is 11.2. The maximum Gasteiger partial charge on any atom is 0.255 e. The molecule has 2 heterocycles. The summed E-state index contributed by atoms with van der Waals surface area (Å²) in [7, 11) is 0. The monoisotopic (exact) mass is 422 g/mol. The minimum absolute atomic E-state index is 0.115. The molecule has 29 heavy (non-hydrogen) atoms. The molecule has 1 aliphatic carbocycles. The van der Waals surface area contributed by atoms with Gasteiger partial charge in [0.2, 0.25) is 0 Å². The van der Waals surface area contributed by atoms with Crippen molar-refractivity contribution in [2.75, 3.05) is 39.5 Å². The fraction of sp³-hybridized carbons (Fsp3) is 0.682. The number of benzene rings is 1. The zero-order valence-corrected chi connectivity index (χ0v) is 17.7. The van der Waals surface area contributed by atoms with Gasteiger partial charge in [-0.1, -0.05) is 24.4 Å². The SMILES string of the molecule is O=C(NC[C@H]1COCCO1)c1cc(Cl)ccc1OC1CCN(C2CCCC2)CC1. The quantitative estimate of drug-likeness (QED) is 0.762. The van der Waals surface area contributed by atoms with Crippen molar-refractivity contribution >= 4 is 17.5 Å². The number of piperidine rings is 1. The molecular formula is C22H31ClN2O4. The van der Waals surface area contributed by atoms with E-state index in [4.69, 9.17) is 25.8 Å². The number of carbonyl (C=O) groups is 1. The van der Waals surface area contributed by atoms with Crippen molar-refractivity contribution in [1.82, 2.24) is 10.2 Å². The van der Waals surface area contributed by atoms with Gasteiger partial charge in [-0.3, -0.25) is 4.79 Å². The third-order valence-electron chi connectivity index (χ3n) is 6.17. The Morgan fingerprint density at radius 3 is 2.69 bits per heavy atom. The number of rotatable bonds is 6. The lowest BCUT2D eigenvalue weighted by molar-refractivity contribution is -0.0855. The standard InChI is InChI=1S/C22H31ClN2O4/c23-16-5-6-21(20(13-16)22(26)24-14-19-15-27-11-12-28-19)29-18-7-9-25(10-8-18)17-3-1-2-4-17/h5-6,13,17-19H,1-4,7-12,14-15H2,(H,24,26)/t19-/m0/s1. The summed E-state index contributed by atoms with van der Waals surface area (Å²) in [4.78, 5) is 15.4. The topological polar surface area (TPSA) is 60.0 Å². The van der Waals surface area contributed by atoms with Crippen LogP contribution in [0.15, 0.2) is 18.2 Å². The molecule has 160 valence electrons. The molecule has 1 aromatic rings. The Morgan fingerprint density at radius 2 is 1.97 bits per heavy atom. The van der Waals surface area contributed by atoms with Crippen LogP contribution in [0.4, 0.5) is 0 Å². The van der Waals surface area contributed by atoms with E-state index in [0.717, 1.165) is 32.0 Å². The molecule has 1 aromatic carbocycles. The second-order valence-corrected chi connectivity index (χ2v) is 8.65. The number of nitrogens with zero attached hydrogens (tertiary/aromatic N) is 1. The van der Waals surface area contributed by atoms with Crippen molar-refractivity contribution < 1.29 is 19.0 Å². The highest BCUT2D eigenvalue weighted by Gasteiger charge is 2.28. The van der Waals surface area contributed by atoms with Crippen molar-refractivity contribution in [2.24, 2.45) is 0 Å². The van der Waals surface area contributed by atoms with Crippen molar-refractivity contribution in [3.05, 3.63) is 28.8 Å². The highest BCUT2D eigenvalue weighted by molar-refractivity contribution is 6.31. The molecule has 0 aromatic heterocycles. The van der Waals surface area contributed by atoms with Crippen LogP contribution in [0.2, 0.25) is 5.02 Å². The Balaban J connectivity index is 1.33. The number of nitrogens with one attached hydrogen (secondary N) is 1. The molecule has 6 nitrogen and oxygen atoms in total. The zero-order chi connectivity index (χ0) is 20.1. The molecule has 0 unspecified atom stereocenters. The molecule has 1 N–H and O–H groups in total. The van der Waals surface area contributed by atoms with Crippen LogP contribution < -0.4 is 10.1 Å². The average Bonchev–Trinajstić information content (AvgIpc) is 3.29. The lowest BCUT2D eigenvalue weighted by Gasteiger charge is -2.36. The van der Waals surface area contributed by atoms with Gasteiger partial charge in [0.1, 0.15) is 11.9 Å². The van der Waals surface area contributed by atoms with Crippen molar-refractivity contribution in [3.63, 3.8) is 0 Å². The highest BCUT2D eigenvalue weighted by Crippen LogP contribution is 2.29. The Labute approximate surface area is 177 Å². The molecule has 1 atom stereocenters. The second kappa shape index (κ2) is 10.1. The Hall–Kier alpha value is -1.34. The van der Waals surface area contributed by atoms with Crippen LogP contribution in [0.25, 0.3) is 0 Å². The first-order chi connectivity index (χ1) is 14.2. The minimum atomic E-state index is -0.194. The van der Waals surface area contributed by atoms with Gasteiger partial charge in [0.15, 0.2) is 0 Å². The maximum absolute atomic E-state index is 12.8. The summed E-state index contributed by atoms with van der Waals surface area (Å²) in [6.07, 6.45) is 7.41. The predicted octanol–water partition coefficient (Wildman–Crippen LogP) is 3.27. The molecule has 1 saturated carbocycles. The van der Waals surface area contributed by atoms with Crippen LogP contribution >= 0.6 is 11.6 Å². The van der Waals surface area contributed by atoms with Crippen molar-refractivity contribution in [1.29, 1.82) is 0 Å². The lowest BCUT2D eigenvalue weighted by atomic mass is 10.0. The summed E-state index contributed by atoms with van der Waals surface area (Å²) in [5.74, 6) is 0.409. The van der Waals surface area contributed by atoms with E-state index in [-0.39, 0.29) is 18.1 Å². The predicted molar refractivity (Wildman–Crippen MR) is 112 cm³/mol. The molecule has 7 heteroatoms. The van der Waals surface area contributed by atoms with E-state index in [0.29, 0.717) is 42.7 Å². The van der Waals surface area contributed by atoms with E-state index in [1.165, 1.54) is 25.7 Å². The smallest absolute Gasteiger partial charge is 0.255 e. The number of hydrogen-bond donors (Lipinski definition) is 1. The summed E-state index contributed by atoms with van der Waals surface area (Å²) in [5, 5.41) is 3.45. The van der Waals surface area contributed by atoms with Crippen LogP contribution in [0, 0.1) is 0 Å². The summed E-state index contributed by atoms with van der Waals surface area (Å²) in [6.45, 7) is 4.22. The van der Waals surface area contributed by atoms with Crippen molar-refractivity contribution in [3.8, 4) is 5.75 Å². The number of amides is 1. The van der Waals surface area contributed by atoms with Gasteiger partial charge in [0.25, 0.3) is 5.91 Å². The molecule has 0 radical (unpaired) electrons. The molecular weight excluding hydrogens is 392 g/mol. The Kier molecular flexibility index (Phi) is 7.29. The van der Waals surface area contributed by atoms with Crippen LogP contribution in [-0.4, -0.2) is 68.5 Å². The average molecular weight is 423 g/mol. The maximum atomic E-state index is 12.8. The molecule has 3 aliphatic rings. The normalized spacial score (nSPS) is 24.5. The molecule has 2 saturated heterocycles. The first-order valence-electron chi connectivity index (χ1n) is 10.9. The van der Waals surface area contributed by atoms with Crippen LogP contribution in [0.3, 0.4) is 0 Å². The van der Waals surface area contributed by atoms with Gasteiger partial charge >= 0.3 is 0 Å². The molecule has 2 aliphatic heterocycles. The Bertz CT molecular complexity index is 681.